The second-order valence-corrected chi connectivity index (χ2v) is 6.40. The minimum atomic E-state index is -0.469. The molecule has 0 atom stereocenters. The molecule has 1 heterocycles. The average Bonchev–Trinajstić information content (AvgIpc) is 2.66. The van der Waals surface area contributed by atoms with Crippen LogP contribution >= 0.6 is 12.2 Å². The number of amides is 3. The third-order valence-electron chi connectivity index (χ3n) is 4.08. The summed E-state index contributed by atoms with van der Waals surface area (Å²) in [5.74, 6) is -1.03. The molecule has 1 aliphatic heterocycles. The number of benzene rings is 1. The van der Waals surface area contributed by atoms with Crippen LogP contribution in [0.2, 0.25) is 0 Å². The van der Waals surface area contributed by atoms with Crippen LogP contribution < -0.4 is 16.2 Å². The van der Waals surface area contributed by atoms with Crippen molar-refractivity contribution < 1.29 is 18.8 Å². The highest BCUT2D eigenvalue weighted by Gasteiger charge is 2.22. The fraction of sp³-hybridized carbons (Fsp3) is 0.412. The Balaban J connectivity index is 1.66. The molecule has 1 aromatic carbocycles. The van der Waals surface area contributed by atoms with Crippen LogP contribution in [0.4, 0.5) is 10.1 Å². The quantitative estimate of drug-likeness (QED) is 0.511. The molecule has 0 radical (unpaired) electrons. The van der Waals surface area contributed by atoms with Gasteiger partial charge in [-0.2, -0.15) is 0 Å². The molecule has 2 rings (SSSR count). The van der Waals surface area contributed by atoms with Gasteiger partial charge in [0.15, 0.2) is 5.11 Å². The number of halogens is 1. The molecule has 0 saturated carbocycles. The third kappa shape index (κ3) is 6.48. The van der Waals surface area contributed by atoms with Gasteiger partial charge in [-0.25, -0.2) is 4.39 Å². The van der Waals surface area contributed by atoms with Gasteiger partial charge in [-0.05, 0) is 24.4 Å². The molecule has 0 spiro atoms. The normalized spacial score (nSPS) is 13.7. The minimum Gasteiger partial charge on any atom is -0.339 e. The maximum Gasteiger partial charge on any atom is 0.238 e. The van der Waals surface area contributed by atoms with Gasteiger partial charge in [0.2, 0.25) is 17.7 Å². The van der Waals surface area contributed by atoms with Crippen molar-refractivity contribution >= 4 is 40.7 Å². The van der Waals surface area contributed by atoms with Crippen LogP contribution in [0.5, 0.6) is 0 Å². The van der Waals surface area contributed by atoms with Crippen LogP contribution in [0, 0.1) is 5.82 Å². The Hall–Kier alpha value is -2.75. The van der Waals surface area contributed by atoms with Gasteiger partial charge in [-0.15, -0.1) is 0 Å². The second kappa shape index (κ2) is 9.81. The summed E-state index contributed by atoms with van der Waals surface area (Å²) in [7, 11) is 0. The fourth-order valence-electron chi connectivity index (χ4n) is 2.55. The van der Waals surface area contributed by atoms with E-state index >= 15 is 0 Å². The molecule has 8 nitrogen and oxygen atoms in total. The van der Waals surface area contributed by atoms with E-state index in [4.69, 9.17) is 12.2 Å². The number of rotatable bonds is 4. The lowest BCUT2D eigenvalue weighted by atomic mass is 10.2. The number of carbonyl (C=O) groups excluding carboxylic acids is 3. The highest BCUT2D eigenvalue weighted by atomic mass is 32.1. The van der Waals surface area contributed by atoms with Crippen molar-refractivity contribution in [2.45, 2.75) is 19.8 Å². The van der Waals surface area contributed by atoms with Gasteiger partial charge in [-0.3, -0.25) is 25.2 Å². The van der Waals surface area contributed by atoms with Gasteiger partial charge in [0, 0.05) is 45.9 Å². The number of hydrogen-bond acceptors (Lipinski definition) is 4. The summed E-state index contributed by atoms with van der Waals surface area (Å²) in [6, 6.07) is 5.99. The molecule has 0 aromatic heterocycles. The zero-order valence-corrected chi connectivity index (χ0v) is 15.8. The summed E-state index contributed by atoms with van der Waals surface area (Å²) >= 11 is 4.97. The number of hydrazine groups is 1. The molecule has 0 unspecified atom stereocenters. The van der Waals surface area contributed by atoms with E-state index < -0.39 is 11.7 Å². The molecular formula is C17H22FN5O3S. The predicted octanol–water partition coefficient (Wildman–Crippen LogP) is 0.614. The van der Waals surface area contributed by atoms with Gasteiger partial charge in [-0.1, -0.05) is 12.1 Å². The number of hydrogen-bond donors (Lipinski definition) is 3. The predicted molar refractivity (Wildman–Crippen MR) is 102 cm³/mol. The van der Waals surface area contributed by atoms with Crippen LogP contribution in [-0.4, -0.2) is 58.8 Å². The molecule has 3 amide bonds. The molecular weight excluding hydrogens is 373 g/mol. The Morgan fingerprint density at radius 3 is 2.30 bits per heavy atom. The Bertz CT molecular complexity index is 722. The van der Waals surface area contributed by atoms with Gasteiger partial charge in [0.1, 0.15) is 5.82 Å². The van der Waals surface area contributed by atoms with E-state index in [9.17, 15) is 18.8 Å². The molecule has 146 valence electrons. The lowest BCUT2D eigenvalue weighted by Crippen LogP contribution is -2.50. The lowest BCUT2D eigenvalue weighted by molar-refractivity contribution is -0.139. The molecule has 10 heteroatoms. The maximum absolute atomic E-state index is 13.5. The molecule has 1 fully saturated rings. The average molecular weight is 395 g/mol. The van der Waals surface area contributed by atoms with Crippen molar-refractivity contribution in [1.29, 1.82) is 0 Å². The summed E-state index contributed by atoms with van der Waals surface area (Å²) in [4.78, 5) is 38.6. The summed E-state index contributed by atoms with van der Waals surface area (Å²) in [5, 5.41) is 2.65. The number of carbonyl (C=O) groups is 3. The Morgan fingerprint density at radius 1 is 1.04 bits per heavy atom. The highest BCUT2D eigenvalue weighted by Crippen LogP contribution is 2.11. The maximum atomic E-state index is 13.5. The van der Waals surface area contributed by atoms with E-state index in [2.05, 4.69) is 16.2 Å². The molecule has 3 N–H and O–H groups in total. The SMILES string of the molecule is CC(=O)N1CCN(C(=O)CCC(=O)NNC(=S)Nc2ccccc2F)CC1. The Morgan fingerprint density at radius 2 is 1.67 bits per heavy atom. The second-order valence-electron chi connectivity index (χ2n) is 5.99. The standard InChI is InChI=1S/C17H22FN5O3S/c1-12(24)22-8-10-23(11-9-22)16(26)7-6-15(25)20-21-17(27)19-14-5-3-2-4-13(14)18/h2-5H,6-11H2,1H3,(H,20,25)(H2,19,21,27). The van der Waals surface area contributed by atoms with Crippen LogP contribution in [-0.2, 0) is 14.4 Å². The number of anilines is 1. The zero-order valence-electron chi connectivity index (χ0n) is 15.0. The number of nitrogens with zero attached hydrogens (tertiary/aromatic N) is 2. The molecule has 1 aromatic rings. The minimum absolute atomic E-state index is 0.00693. The number of piperazine rings is 1. The van der Waals surface area contributed by atoms with Gasteiger partial charge in [0.25, 0.3) is 0 Å². The number of nitrogens with one attached hydrogen (secondary N) is 3. The Kier molecular flexibility index (Phi) is 7.47. The van der Waals surface area contributed by atoms with Crippen molar-refractivity contribution in [2.75, 3.05) is 31.5 Å². The topological polar surface area (TPSA) is 93.8 Å². The van der Waals surface area contributed by atoms with Gasteiger partial charge < -0.3 is 15.1 Å². The first-order valence-electron chi connectivity index (χ1n) is 8.50. The van der Waals surface area contributed by atoms with E-state index in [-0.39, 0.29) is 35.5 Å². The number of thiocarbonyl (C=S) groups is 1. The zero-order chi connectivity index (χ0) is 19.8. The molecule has 1 saturated heterocycles. The Labute approximate surface area is 162 Å². The van der Waals surface area contributed by atoms with E-state index in [1.54, 1.807) is 21.9 Å². The van der Waals surface area contributed by atoms with Crippen LogP contribution in [0.3, 0.4) is 0 Å². The van der Waals surface area contributed by atoms with Crippen molar-refractivity contribution in [1.82, 2.24) is 20.7 Å². The van der Waals surface area contributed by atoms with Crippen molar-refractivity contribution in [3.63, 3.8) is 0 Å². The molecule has 0 aliphatic carbocycles. The van der Waals surface area contributed by atoms with E-state index in [0.717, 1.165) is 0 Å². The lowest BCUT2D eigenvalue weighted by Gasteiger charge is -2.34. The van der Waals surface area contributed by atoms with Crippen molar-refractivity contribution in [2.24, 2.45) is 0 Å². The van der Waals surface area contributed by atoms with E-state index in [1.807, 2.05) is 0 Å². The van der Waals surface area contributed by atoms with E-state index in [1.165, 1.54) is 19.1 Å². The number of para-hydroxylation sites is 1. The third-order valence-corrected chi connectivity index (χ3v) is 4.29. The van der Waals surface area contributed by atoms with Gasteiger partial charge >= 0.3 is 0 Å². The molecule has 0 bridgehead atoms. The molecule has 1 aliphatic rings. The van der Waals surface area contributed by atoms with Crippen LogP contribution in [0.25, 0.3) is 0 Å². The summed E-state index contributed by atoms with van der Waals surface area (Å²) < 4.78 is 13.5. The first kappa shape index (κ1) is 20.6. The first-order chi connectivity index (χ1) is 12.9. The smallest absolute Gasteiger partial charge is 0.238 e. The van der Waals surface area contributed by atoms with Crippen molar-refractivity contribution in [3.05, 3.63) is 30.1 Å². The fourth-order valence-corrected chi connectivity index (χ4v) is 2.72. The summed E-state index contributed by atoms with van der Waals surface area (Å²) in [5.41, 5.74) is 5.01. The van der Waals surface area contributed by atoms with Crippen LogP contribution in [0.1, 0.15) is 19.8 Å². The first-order valence-corrected chi connectivity index (χ1v) is 8.91. The van der Waals surface area contributed by atoms with Gasteiger partial charge in [0.05, 0.1) is 5.69 Å². The monoisotopic (exact) mass is 395 g/mol. The van der Waals surface area contributed by atoms with Crippen molar-refractivity contribution in [3.8, 4) is 0 Å². The summed E-state index contributed by atoms with van der Waals surface area (Å²) in [6.07, 6.45) is 0.0438. The molecule has 27 heavy (non-hydrogen) atoms. The largest absolute Gasteiger partial charge is 0.339 e. The van der Waals surface area contributed by atoms with E-state index in [0.29, 0.717) is 26.2 Å². The highest BCUT2D eigenvalue weighted by molar-refractivity contribution is 7.80. The summed E-state index contributed by atoms with van der Waals surface area (Å²) in [6.45, 7) is 3.44. The van der Waals surface area contributed by atoms with Crippen LogP contribution in [0.15, 0.2) is 24.3 Å².